The van der Waals surface area contributed by atoms with Crippen LogP contribution in [0.4, 0.5) is 0 Å². The number of carbonyl (C=O) groups is 3. The highest BCUT2D eigenvalue weighted by atomic mass is 16.3. The van der Waals surface area contributed by atoms with Gasteiger partial charge in [0.2, 0.25) is 0 Å². The Balaban J connectivity index is 2.47. The summed E-state index contributed by atoms with van der Waals surface area (Å²) in [6, 6.07) is 3.70. The first kappa shape index (κ1) is 39.5. The zero-order valence-corrected chi connectivity index (χ0v) is 31.4. The molecule has 4 atom stereocenters. The van der Waals surface area contributed by atoms with Crippen molar-refractivity contribution in [2.75, 3.05) is 0 Å². The molecule has 49 heavy (non-hydrogen) atoms. The van der Waals surface area contributed by atoms with Gasteiger partial charge in [0.1, 0.15) is 16.7 Å². The second-order valence-electron chi connectivity index (χ2n) is 15.6. The minimum absolute atomic E-state index is 0.0210. The van der Waals surface area contributed by atoms with Crippen LogP contribution in [0.5, 0.6) is 11.5 Å². The van der Waals surface area contributed by atoms with Crippen LogP contribution in [0, 0.1) is 22.2 Å². The van der Waals surface area contributed by atoms with Gasteiger partial charge in [-0.2, -0.15) is 0 Å². The van der Waals surface area contributed by atoms with E-state index in [4.69, 9.17) is 0 Å². The number of aromatic hydroxyl groups is 2. The van der Waals surface area contributed by atoms with E-state index in [2.05, 4.69) is 32.1 Å². The van der Waals surface area contributed by atoms with Gasteiger partial charge in [-0.15, -0.1) is 0 Å². The van der Waals surface area contributed by atoms with Crippen molar-refractivity contribution in [3.8, 4) is 11.5 Å². The van der Waals surface area contributed by atoms with E-state index in [0.717, 1.165) is 41.2 Å². The summed E-state index contributed by atoms with van der Waals surface area (Å²) in [5.74, 6) is -3.32. The van der Waals surface area contributed by atoms with E-state index in [1.165, 1.54) is 17.7 Å². The number of rotatable bonds is 13. The standard InChI is InChI=1S/C43H58O6/c1-27(2)13-11-15-31(9)21-23-42-26-33(18-16-29(5)6)41(10,22-12-14-28(3)4)43(40(42)49,24-20-30(7)8)39(48)36(38(42)47)37(46)32-17-19-34(44)35(45)25-32/h13-14,16-17,19-21,25,33,44-46H,11-12,15,18,22-24,26H2,1-10H3. The summed E-state index contributed by atoms with van der Waals surface area (Å²) < 4.78 is 0. The summed E-state index contributed by atoms with van der Waals surface area (Å²) in [5, 5.41) is 32.1. The lowest BCUT2D eigenvalue weighted by Gasteiger charge is -2.61. The van der Waals surface area contributed by atoms with E-state index >= 15 is 9.59 Å². The lowest BCUT2D eigenvalue weighted by molar-refractivity contribution is -0.178. The van der Waals surface area contributed by atoms with Crippen LogP contribution in [0.2, 0.25) is 0 Å². The van der Waals surface area contributed by atoms with Crippen molar-refractivity contribution in [2.45, 2.75) is 121 Å². The summed E-state index contributed by atoms with van der Waals surface area (Å²) in [6.45, 7) is 20.2. The first-order chi connectivity index (χ1) is 22.8. The van der Waals surface area contributed by atoms with Gasteiger partial charge in [-0.25, -0.2) is 0 Å². The molecule has 266 valence electrons. The minimum atomic E-state index is -1.63. The molecule has 0 radical (unpaired) electrons. The molecule has 2 fully saturated rings. The molecule has 4 unspecified atom stereocenters. The van der Waals surface area contributed by atoms with E-state index < -0.39 is 50.6 Å². The van der Waals surface area contributed by atoms with Gasteiger partial charge in [0, 0.05) is 5.56 Å². The van der Waals surface area contributed by atoms with Crippen LogP contribution >= 0.6 is 0 Å². The van der Waals surface area contributed by atoms with Gasteiger partial charge >= 0.3 is 0 Å². The van der Waals surface area contributed by atoms with E-state index in [1.54, 1.807) is 0 Å². The van der Waals surface area contributed by atoms with Crippen LogP contribution in [-0.4, -0.2) is 32.7 Å². The first-order valence-electron chi connectivity index (χ1n) is 17.6. The Morgan fingerprint density at radius 3 is 1.92 bits per heavy atom. The predicted octanol–water partition coefficient (Wildman–Crippen LogP) is 10.6. The number of fused-ring (bicyclic) bond motifs is 2. The molecule has 0 aromatic heterocycles. The Bertz CT molecular complexity index is 1650. The van der Waals surface area contributed by atoms with Crippen LogP contribution in [-0.2, 0) is 14.4 Å². The number of hydrogen-bond donors (Lipinski definition) is 3. The highest BCUT2D eigenvalue weighted by molar-refractivity contribution is 6.41. The van der Waals surface area contributed by atoms with Crippen LogP contribution in [0.3, 0.4) is 0 Å². The fourth-order valence-electron chi connectivity index (χ4n) is 7.78. The number of allylic oxidation sites excluding steroid dienone is 11. The molecule has 2 saturated carbocycles. The largest absolute Gasteiger partial charge is 0.506 e. The number of hydrogen-bond acceptors (Lipinski definition) is 6. The molecule has 0 aliphatic heterocycles. The molecule has 1 aromatic carbocycles. The average Bonchev–Trinajstić information content (AvgIpc) is 3.00. The Morgan fingerprint density at radius 2 is 1.35 bits per heavy atom. The van der Waals surface area contributed by atoms with Crippen molar-refractivity contribution in [1.29, 1.82) is 0 Å². The molecule has 2 bridgehead atoms. The zero-order valence-electron chi connectivity index (χ0n) is 31.4. The molecule has 3 N–H and O–H groups in total. The van der Waals surface area contributed by atoms with Crippen molar-refractivity contribution < 1.29 is 29.7 Å². The Kier molecular flexibility index (Phi) is 12.7. The molecule has 6 nitrogen and oxygen atoms in total. The maximum atomic E-state index is 15.5. The topological polar surface area (TPSA) is 112 Å². The Morgan fingerprint density at radius 1 is 0.755 bits per heavy atom. The third-order valence-corrected chi connectivity index (χ3v) is 10.8. The molecular weight excluding hydrogens is 612 g/mol. The monoisotopic (exact) mass is 670 g/mol. The highest BCUT2D eigenvalue weighted by Gasteiger charge is 2.74. The third kappa shape index (κ3) is 7.95. The van der Waals surface area contributed by atoms with E-state index in [0.29, 0.717) is 19.3 Å². The van der Waals surface area contributed by atoms with Crippen molar-refractivity contribution in [3.63, 3.8) is 0 Å². The van der Waals surface area contributed by atoms with Crippen LogP contribution in [0.25, 0.3) is 5.76 Å². The number of phenols is 2. The molecule has 0 amide bonds. The van der Waals surface area contributed by atoms with E-state index in [-0.39, 0.29) is 36.5 Å². The fourth-order valence-corrected chi connectivity index (χ4v) is 7.78. The van der Waals surface area contributed by atoms with E-state index in [1.807, 2.05) is 67.5 Å². The average molecular weight is 671 g/mol. The van der Waals surface area contributed by atoms with Gasteiger partial charge in [-0.05, 0) is 143 Å². The number of phenolic OH excluding ortho intramolecular Hbond substituents is 2. The summed E-state index contributed by atoms with van der Waals surface area (Å²) in [6.07, 6.45) is 14.3. The summed E-state index contributed by atoms with van der Waals surface area (Å²) in [7, 11) is 0. The number of aliphatic hydroxyl groups excluding tert-OH is 1. The van der Waals surface area contributed by atoms with Crippen LogP contribution in [0.1, 0.15) is 126 Å². The van der Waals surface area contributed by atoms with Gasteiger partial charge in [-0.1, -0.05) is 65.2 Å². The predicted molar refractivity (Wildman–Crippen MR) is 199 cm³/mol. The molecule has 2 aliphatic rings. The highest BCUT2D eigenvalue weighted by Crippen LogP contribution is 2.67. The number of carbonyl (C=O) groups excluding carboxylic acids is 3. The van der Waals surface area contributed by atoms with E-state index in [9.17, 15) is 20.1 Å². The number of Topliss-reactive ketones (excluding diaryl/α,β-unsaturated/α-hetero) is 3. The normalized spacial score (nSPS) is 26.2. The fraction of sp³-hybridized carbons (Fsp3) is 0.512. The molecule has 2 aliphatic carbocycles. The maximum absolute atomic E-state index is 15.5. The lowest BCUT2D eigenvalue weighted by Crippen LogP contribution is -2.70. The molecule has 0 saturated heterocycles. The van der Waals surface area contributed by atoms with Gasteiger partial charge < -0.3 is 15.3 Å². The minimum Gasteiger partial charge on any atom is -0.506 e. The lowest BCUT2D eigenvalue weighted by atomic mass is 9.37. The molecule has 6 heteroatoms. The quantitative estimate of drug-likeness (QED) is 0.0481. The molecule has 3 rings (SSSR count). The molecule has 0 heterocycles. The van der Waals surface area contributed by atoms with Crippen LogP contribution in [0.15, 0.2) is 82.0 Å². The second-order valence-corrected chi connectivity index (χ2v) is 15.6. The Labute approximate surface area is 294 Å². The number of benzene rings is 1. The molecular formula is C43H58O6. The number of ketones is 3. The zero-order chi connectivity index (χ0) is 36.9. The first-order valence-corrected chi connectivity index (χ1v) is 17.6. The Hall–Kier alpha value is -3.93. The molecule has 1 aromatic rings. The third-order valence-electron chi connectivity index (χ3n) is 10.8. The smallest absolute Gasteiger partial charge is 0.184 e. The van der Waals surface area contributed by atoms with Crippen molar-refractivity contribution in [3.05, 3.63) is 87.6 Å². The molecule has 0 spiro atoms. The second kappa shape index (κ2) is 15.7. The summed E-state index contributed by atoms with van der Waals surface area (Å²) >= 11 is 0. The number of aliphatic hydroxyl groups is 1. The summed E-state index contributed by atoms with van der Waals surface area (Å²) in [4.78, 5) is 45.8. The maximum Gasteiger partial charge on any atom is 0.184 e. The van der Waals surface area contributed by atoms with Gasteiger partial charge in [0.25, 0.3) is 0 Å². The van der Waals surface area contributed by atoms with Crippen LogP contribution < -0.4 is 0 Å². The summed E-state index contributed by atoms with van der Waals surface area (Å²) in [5.41, 5.74) is 1.06. The van der Waals surface area contributed by atoms with Gasteiger partial charge in [-0.3, -0.25) is 14.4 Å². The van der Waals surface area contributed by atoms with Crippen molar-refractivity contribution in [2.24, 2.45) is 22.2 Å². The van der Waals surface area contributed by atoms with Crippen molar-refractivity contribution >= 4 is 23.1 Å². The van der Waals surface area contributed by atoms with Gasteiger partial charge in [0.15, 0.2) is 28.8 Å². The van der Waals surface area contributed by atoms with Crippen molar-refractivity contribution in [1.82, 2.24) is 0 Å². The SMILES string of the molecule is CC(C)=CCCC(C)=CCC12CC(CC=C(C)C)C(C)(CCC=C(C)C)C(CC=C(C)C)(C(=O)C(=C(O)c3ccc(O)c(O)c3)C1=O)C2=O. The van der Waals surface area contributed by atoms with Gasteiger partial charge in [0.05, 0.1) is 5.41 Å².